The number of halogens is 2. The van der Waals surface area contributed by atoms with Crippen molar-refractivity contribution in [3.63, 3.8) is 0 Å². The molecule has 2 unspecified atom stereocenters. The van der Waals surface area contributed by atoms with E-state index in [0.29, 0.717) is 16.5 Å². The summed E-state index contributed by atoms with van der Waals surface area (Å²) in [7, 11) is -2.90. The highest BCUT2D eigenvalue weighted by molar-refractivity contribution is 7.91. The Morgan fingerprint density at radius 2 is 2.15 bits per heavy atom. The van der Waals surface area contributed by atoms with Gasteiger partial charge in [-0.2, -0.15) is 0 Å². The van der Waals surface area contributed by atoms with Gasteiger partial charge in [0.25, 0.3) is 0 Å². The highest BCUT2D eigenvalue weighted by Gasteiger charge is 2.34. The third-order valence-electron chi connectivity index (χ3n) is 3.65. The molecule has 0 aliphatic carbocycles. The zero-order valence-electron chi connectivity index (χ0n) is 11.4. The Labute approximate surface area is 130 Å². The molecule has 0 bridgehead atoms. The summed E-state index contributed by atoms with van der Waals surface area (Å²) in [6.45, 7) is 2.92. The van der Waals surface area contributed by atoms with E-state index < -0.39 is 9.84 Å². The van der Waals surface area contributed by atoms with Gasteiger partial charge in [-0.3, -0.25) is 0 Å². The topological polar surface area (TPSA) is 46.2 Å². The summed E-state index contributed by atoms with van der Waals surface area (Å²) in [4.78, 5) is 0. The molecule has 1 heterocycles. The van der Waals surface area contributed by atoms with Crippen LogP contribution in [0.2, 0.25) is 10.0 Å². The van der Waals surface area contributed by atoms with Crippen molar-refractivity contribution in [2.45, 2.75) is 25.8 Å². The van der Waals surface area contributed by atoms with Gasteiger partial charge >= 0.3 is 0 Å². The highest BCUT2D eigenvalue weighted by Crippen LogP contribution is 2.35. The molecule has 0 saturated carbocycles. The monoisotopic (exact) mass is 335 g/mol. The van der Waals surface area contributed by atoms with Gasteiger partial charge in [0.15, 0.2) is 9.84 Å². The van der Waals surface area contributed by atoms with Gasteiger partial charge < -0.3 is 5.32 Å². The van der Waals surface area contributed by atoms with Crippen LogP contribution in [0.15, 0.2) is 18.2 Å². The molecule has 3 nitrogen and oxygen atoms in total. The van der Waals surface area contributed by atoms with E-state index in [1.165, 1.54) is 0 Å². The number of hydrogen-bond acceptors (Lipinski definition) is 3. The fourth-order valence-corrected chi connectivity index (χ4v) is 5.04. The zero-order chi connectivity index (χ0) is 14.8. The van der Waals surface area contributed by atoms with Crippen LogP contribution in [0.25, 0.3) is 0 Å². The molecule has 1 fully saturated rings. The number of nitrogens with one attached hydrogen (secondary N) is 1. The van der Waals surface area contributed by atoms with E-state index in [9.17, 15) is 8.42 Å². The second-order valence-corrected chi connectivity index (χ2v) is 8.33. The summed E-state index contributed by atoms with van der Waals surface area (Å²) in [6.07, 6.45) is 1.67. The molecule has 1 aromatic carbocycles. The smallest absolute Gasteiger partial charge is 0.150 e. The Morgan fingerprint density at radius 3 is 2.70 bits per heavy atom. The third-order valence-corrected chi connectivity index (χ3v) is 6.01. The van der Waals surface area contributed by atoms with Gasteiger partial charge in [0.2, 0.25) is 0 Å². The van der Waals surface area contributed by atoms with E-state index in [0.717, 1.165) is 18.5 Å². The normalized spacial score (nSPS) is 22.9. The van der Waals surface area contributed by atoms with Crippen molar-refractivity contribution < 1.29 is 8.42 Å². The molecule has 0 spiro atoms. The highest BCUT2D eigenvalue weighted by atomic mass is 35.5. The third kappa shape index (κ3) is 3.88. The molecule has 1 aliphatic heterocycles. The number of rotatable bonds is 5. The van der Waals surface area contributed by atoms with Crippen LogP contribution < -0.4 is 5.32 Å². The molecule has 0 amide bonds. The minimum absolute atomic E-state index is 0.0306. The Bertz CT molecular complexity index is 575. The first kappa shape index (κ1) is 16.1. The van der Waals surface area contributed by atoms with E-state index in [-0.39, 0.29) is 23.5 Å². The van der Waals surface area contributed by atoms with Crippen LogP contribution in [0.5, 0.6) is 0 Å². The average molecular weight is 336 g/mol. The van der Waals surface area contributed by atoms with Crippen molar-refractivity contribution in [1.82, 2.24) is 5.32 Å². The molecule has 6 heteroatoms. The molecular formula is C14H19Cl2NO2S. The first-order valence-corrected chi connectivity index (χ1v) is 9.39. The largest absolute Gasteiger partial charge is 0.310 e. The Morgan fingerprint density at radius 1 is 1.40 bits per heavy atom. The summed E-state index contributed by atoms with van der Waals surface area (Å²) in [5.41, 5.74) is 0.937. The molecule has 0 radical (unpaired) electrons. The van der Waals surface area contributed by atoms with Crippen molar-refractivity contribution >= 4 is 33.0 Å². The minimum atomic E-state index is -2.90. The van der Waals surface area contributed by atoms with Gasteiger partial charge in [-0.15, -0.1) is 0 Å². The SMILES string of the molecule is CCCNC(c1ccc(Cl)cc1Cl)C1CCS(=O)(=O)C1. The van der Waals surface area contributed by atoms with Crippen molar-refractivity contribution in [3.05, 3.63) is 33.8 Å². The van der Waals surface area contributed by atoms with Crippen LogP contribution in [-0.4, -0.2) is 26.5 Å². The molecule has 1 saturated heterocycles. The number of hydrogen-bond donors (Lipinski definition) is 1. The second-order valence-electron chi connectivity index (χ2n) is 5.26. The number of benzene rings is 1. The second kappa shape index (κ2) is 6.65. The van der Waals surface area contributed by atoms with E-state index >= 15 is 0 Å². The Kier molecular flexibility index (Phi) is 5.35. The van der Waals surface area contributed by atoms with Crippen LogP contribution in [0.1, 0.15) is 31.4 Å². The van der Waals surface area contributed by atoms with Crippen molar-refractivity contribution in [3.8, 4) is 0 Å². The Balaban J connectivity index is 2.27. The van der Waals surface area contributed by atoms with Gasteiger partial charge in [-0.05, 0) is 43.0 Å². The van der Waals surface area contributed by atoms with Crippen LogP contribution in [-0.2, 0) is 9.84 Å². The molecule has 0 aromatic heterocycles. The average Bonchev–Trinajstić information content (AvgIpc) is 2.72. The van der Waals surface area contributed by atoms with E-state index in [1.54, 1.807) is 12.1 Å². The lowest BCUT2D eigenvalue weighted by molar-refractivity contribution is 0.393. The predicted molar refractivity (Wildman–Crippen MR) is 84.3 cm³/mol. The fourth-order valence-electron chi connectivity index (χ4n) is 2.67. The molecule has 112 valence electrons. The van der Waals surface area contributed by atoms with Crippen LogP contribution in [0.4, 0.5) is 0 Å². The first-order chi connectivity index (χ1) is 9.43. The molecule has 2 rings (SSSR count). The molecule has 1 aromatic rings. The van der Waals surface area contributed by atoms with E-state index in [4.69, 9.17) is 23.2 Å². The minimum Gasteiger partial charge on any atom is -0.310 e. The fraction of sp³-hybridized carbons (Fsp3) is 0.571. The predicted octanol–water partition coefficient (Wildman–Crippen LogP) is 3.47. The summed E-state index contributed by atoms with van der Waals surface area (Å²) < 4.78 is 23.4. The lowest BCUT2D eigenvalue weighted by atomic mass is 9.92. The van der Waals surface area contributed by atoms with Crippen molar-refractivity contribution in [2.75, 3.05) is 18.1 Å². The van der Waals surface area contributed by atoms with Gasteiger partial charge in [0.05, 0.1) is 11.5 Å². The standard InChI is InChI=1S/C14H19Cl2NO2S/c1-2-6-17-14(10-5-7-20(18,19)9-10)12-4-3-11(15)8-13(12)16/h3-4,8,10,14,17H,2,5-7,9H2,1H3. The van der Waals surface area contributed by atoms with Gasteiger partial charge in [0, 0.05) is 16.1 Å². The summed E-state index contributed by atoms with van der Waals surface area (Å²) in [6, 6.07) is 5.37. The molecular weight excluding hydrogens is 317 g/mol. The van der Waals surface area contributed by atoms with Crippen molar-refractivity contribution in [1.29, 1.82) is 0 Å². The molecule has 1 aliphatic rings. The molecule has 20 heavy (non-hydrogen) atoms. The summed E-state index contributed by atoms with van der Waals surface area (Å²) in [5, 5.41) is 4.62. The maximum Gasteiger partial charge on any atom is 0.150 e. The summed E-state index contributed by atoms with van der Waals surface area (Å²) in [5.74, 6) is 0.575. The van der Waals surface area contributed by atoms with Crippen molar-refractivity contribution in [2.24, 2.45) is 5.92 Å². The van der Waals surface area contributed by atoms with E-state index in [2.05, 4.69) is 12.2 Å². The molecule has 2 atom stereocenters. The van der Waals surface area contributed by atoms with Crippen LogP contribution in [0, 0.1) is 5.92 Å². The van der Waals surface area contributed by atoms with Crippen LogP contribution in [0.3, 0.4) is 0 Å². The Hall–Kier alpha value is -0.290. The van der Waals surface area contributed by atoms with Gasteiger partial charge in [-0.25, -0.2) is 8.42 Å². The quantitative estimate of drug-likeness (QED) is 0.896. The van der Waals surface area contributed by atoms with Crippen LogP contribution >= 0.6 is 23.2 Å². The van der Waals surface area contributed by atoms with E-state index in [1.807, 2.05) is 6.07 Å². The zero-order valence-corrected chi connectivity index (χ0v) is 13.7. The van der Waals surface area contributed by atoms with Gasteiger partial charge in [-0.1, -0.05) is 36.2 Å². The maximum absolute atomic E-state index is 11.7. The van der Waals surface area contributed by atoms with Gasteiger partial charge in [0.1, 0.15) is 0 Å². The number of sulfone groups is 1. The lowest BCUT2D eigenvalue weighted by Crippen LogP contribution is -2.30. The lowest BCUT2D eigenvalue weighted by Gasteiger charge is -2.25. The molecule has 1 N–H and O–H groups in total. The maximum atomic E-state index is 11.7. The first-order valence-electron chi connectivity index (χ1n) is 6.81. The summed E-state index contributed by atoms with van der Waals surface area (Å²) >= 11 is 12.2.